The molecule has 1 fully saturated rings. The van der Waals surface area contributed by atoms with Gasteiger partial charge in [-0.2, -0.15) is 0 Å². The summed E-state index contributed by atoms with van der Waals surface area (Å²) < 4.78 is 13.6. The van der Waals surface area contributed by atoms with Crippen LogP contribution in [0.5, 0.6) is 0 Å². The molecule has 1 heteroatoms. The van der Waals surface area contributed by atoms with Gasteiger partial charge in [-0.15, -0.1) is 0 Å². The SMILES string of the molecule is CC.CC(C)c1c(F)cccc1C1CCC1. The van der Waals surface area contributed by atoms with Gasteiger partial charge in [0.1, 0.15) is 5.82 Å². The number of halogens is 1. The van der Waals surface area contributed by atoms with Gasteiger partial charge in [-0.25, -0.2) is 4.39 Å². The van der Waals surface area contributed by atoms with Gasteiger partial charge in [0.15, 0.2) is 0 Å². The van der Waals surface area contributed by atoms with Crippen molar-refractivity contribution < 1.29 is 4.39 Å². The highest BCUT2D eigenvalue weighted by atomic mass is 19.1. The van der Waals surface area contributed by atoms with E-state index in [1.54, 1.807) is 6.07 Å². The molecular weight excluding hydrogens is 199 g/mol. The van der Waals surface area contributed by atoms with E-state index >= 15 is 0 Å². The summed E-state index contributed by atoms with van der Waals surface area (Å²) in [5.74, 6) is 0.902. The summed E-state index contributed by atoms with van der Waals surface area (Å²) in [5, 5.41) is 0. The predicted octanol–water partition coefficient (Wildman–Crippen LogP) is 5.24. The first-order valence-corrected chi connectivity index (χ1v) is 6.48. The monoisotopic (exact) mass is 222 g/mol. The van der Waals surface area contributed by atoms with Crippen LogP contribution in [-0.2, 0) is 0 Å². The summed E-state index contributed by atoms with van der Waals surface area (Å²) in [6, 6.07) is 5.52. The zero-order chi connectivity index (χ0) is 12.1. The van der Waals surface area contributed by atoms with Crippen molar-refractivity contribution >= 4 is 0 Å². The Kier molecular flexibility index (Phi) is 4.98. The van der Waals surface area contributed by atoms with Gasteiger partial charge in [0.25, 0.3) is 0 Å². The third-order valence-corrected chi connectivity index (χ3v) is 3.21. The molecule has 1 aliphatic rings. The van der Waals surface area contributed by atoms with Crippen molar-refractivity contribution in [3.8, 4) is 0 Å². The molecule has 0 heterocycles. The van der Waals surface area contributed by atoms with Crippen LogP contribution in [0, 0.1) is 5.82 Å². The lowest BCUT2D eigenvalue weighted by atomic mass is 9.76. The van der Waals surface area contributed by atoms with Gasteiger partial charge in [-0.05, 0) is 41.9 Å². The van der Waals surface area contributed by atoms with E-state index < -0.39 is 0 Å². The minimum absolute atomic E-state index is 0.0237. The molecule has 0 amide bonds. The first-order valence-electron chi connectivity index (χ1n) is 6.48. The van der Waals surface area contributed by atoms with Crippen molar-refractivity contribution in [3.63, 3.8) is 0 Å². The summed E-state index contributed by atoms with van der Waals surface area (Å²) in [5.41, 5.74) is 2.20. The Morgan fingerprint density at radius 3 is 2.25 bits per heavy atom. The molecule has 1 aliphatic carbocycles. The molecule has 0 aromatic heterocycles. The Balaban J connectivity index is 0.000000606. The van der Waals surface area contributed by atoms with Crippen LogP contribution in [0.25, 0.3) is 0 Å². The van der Waals surface area contributed by atoms with Gasteiger partial charge in [-0.1, -0.05) is 46.2 Å². The van der Waals surface area contributed by atoms with Crippen LogP contribution in [-0.4, -0.2) is 0 Å². The Morgan fingerprint density at radius 2 is 1.81 bits per heavy atom. The van der Waals surface area contributed by atoms with Gasteiger partial charge in [0.2, 0.25) is 0 Å². The maximum absolute atomic E-state index is 13.6. The van der Waals surface area contributed by atoms with Gasteiger partial charge in [0.05, 0.1) is 0 Å². The average Bonchev–Trinajstić information content (AvgIpc) is 2.17. The van der Waals surface area contributed by atoms with E-state index in [1.807, 2.05) is 19.9 Å². The maximum atomic E-state index is 13.6. The third-order valence-electron chi connectivity index (χ3n) is 3.21. The summed E-state index contributed by atoms with van der Waals surface area (Å²) in [6.45, 7) is 8.14. The smallest absolute Gasteiger partial charge is 0.126 e. The van der Waals surface area contributed by atoms with Crippen molar-refractivity contribution in [2.45, 2.75) is 58.8 Å². The molecule has 0 spiro atoms. The lowest BCUT2D eigenvalue weighted by Crippen LogP contribution is -2.13. The zero-order valence-corrected chi connectivity index (χ0v) is 10.9. The summed E-state index contributed by atoms with van der Waals surface area (Å²) in [4.78, 5) is 0. The van der Waals surface area contributed by atoms with Crippen molar-refractivity contribution in [3.05, 3.63) is 35.1 Å². The topological polar surface area (TPSA) is 0 Å². The van der Waals surface area contributed by atoms with Crippen LogP contribution in [0.3, 0.4) is 0 Å². The van der Waals surface area contributed by atoms with Crippen LogP contribution in [0.4, 0.5) is 4.39 Å². The molecule has 0 radical (unpaired) electrons. The fraction of sp³-hybridized carbons (Fsp3) is 0.600. The van der Waals surface area contributed by atoms with Crippen LogP contribution < -0.4 is 0 Å². The summed E-state index contributed by atoms with van der Waals surface area (Å²) in [7, 11) is 0. The molecule has 0 nitrogen and oxygen atoms in total. The summed E-state index contributed by atoms with van der Waals surface area (Å²) in [6.07, 6.45) is 3.78. The number of benzene rings is 1. The number of hydrogen-bond acceptors (Lipinski definition) is 0. The molecule has 0 N–H and O–H groups in total. The quantitative estimate of drug-likeness (QED) is 0.641. The molecule has 0 saturated heterocycles. The van der Waals surface area contributed by atoms with Crippen molar-refractivity contribution in [2.75, 3.05) is 0 Å². The third kappa shape index (κ3) is 2.63. The second-order valence-corrected chi connectivity index (χ2v) is 4.53. The fourth-order valence-electron chi connectivity index (χ4n) is 2.24. The van der Waals surface area contributed by atoms with Crippen LogP contribution in [0.15, 0.2) is 18.2 Å². The minimum Gasteiger partial charge on any atom is -0.207 e. The number of rotatable bonds is 2. The van der Waals surface area contributed by atoms with Crippen molar-refractivity contribution in [1.82, 2.24) is 0 Å². The van der Waals surface area contributed by atoms with Gasteiger partial charge in [0, 0.05) is 0 Å². The standard InChI is InChI=1S/C13H17F.C2H6/c1-9(2)13-11(10-5-3-6-10)7-4-8-12(13)14;1-2/h4,7-10H,3,5-6H2,1-2H3;1-2H3. The van der Waals surface area contributed by atoms with Crippen molar-refractivity contribution in [1.29, 1.82) is 0 Å². The van der Waals surface area contributed by atoms with E-state index in [9.17, 15) is 4.39 Å². The molecule has 0 atom stereocenters. The first kappa shape index (κ1) is 13.2. The highest BCUT2D eigenvalue weighted by Gasteiger charge is 2.24. The highest BCUT2D eigenvalue weighted by molar-refractivity contribution is 5.35. The molecule has 1 aromatic rings. The highest BCUT2D eigenvalue weighted by Crippen LogP contribution is 2.40. The van der Waals surface area contributed by atoms with Crippen LogP contribution in [0.1, 0.15) is 69.9 Å². The molecule has 90 valence electrons. The molecular formula is C15H23F. The molecule has 0 unspecified atom stereocenters. The minimum atomic E-state index is -0.0237. The average molecular weight is 222 g/mol. The molecule has 0 bridgehead atoms. The molecule has 2 rings (SSSR count). The second-order valence-electron chi connectivity index (χ2n) is 4.53. The van der Waals surface area contributed by atoms with Gasteiger partial charge >= 0.3 is 0 Å². The Labute approximate surface area is 98.9 Å². The van der Waals surface area contributed by atoms with Gasteiger partial charge < -0.3 is 0 Å². The Hall–Kier alpha value is -0.850. The Bertz CT molecular complexity index is 324. The molecule has 0 aliphatic heterocycles. The first-order chi connectivity index (χ1) is 7.70. The summed E-state index contributed by atoms with van der Waals surface area (Å²) >= 11 is 0. The lowest BCUT2D eigenvalue weighted by Gasteiger charge is -2.29. The maximum Gasteiger partial charge on any atom is 0.126 e. The van der Waals surface area contributed by atoms with Crippen molar-refractivity contribution in [2.24, 2.45) is 0 Å². The van der Waals surface area contributed by atoms with Crippen LogP contribution >= 0.6 is 0 Å². The molecule has 1 saturated carbocycles. The van der Waals surface area contributed by atoms with E-state index in [2.05, 4.69) is 19.9 Å². The normalized spacial score (nSPS) is 15.4. The second kappa shape index (κ2) is 6.03. The number of hydrogen-bond donors (Lipinski definition) is 0. The van der Waals surface area contributed by atoms with E-state index in [1.165, 1.54) is 24.8 Å². The lowest BCUT2D eigenvalue weighted by molar-refractivity contribution is 0.413. The fourth-order valence-corrected chi connectivity index (χ4v) is 2.24. The molecule has 1 aromatic carbocycles. The van der Waals surface area contributed by atoms with Crippen LogP contribution in [0.2, 0.25) is 0 Å². The van der Waals surface area contributed by atoms with E-state index in [0.29, 0.717) is 11.8 Å². The molecule has 16 heavy (non-hydrogen) atoms. The van der Waals surface area contributed by atoms with E-state index in [-0.39, 0.29) is 5.82 Å². The largest absolute Gasteiger partial charge is 0.207 e. The zero-order valence-electron chi connectivity index (χ0n) is 10.9. The van der Waals surface area contributed by atoms with E-state index in [0.717, 1.165) is 5.56 Å². The van der Waals surface area contributed by atoms with E-state index in [4.69, 9.17) is 0 Å². The van der Waals surface area contributed by atoms with Gasteiger partial charge in [-0.3, -0.25) is 0 Å². The Morgan fingerprint density at radius 1 is 1.19 bits per heavy atom. The predicted molar refractivity (Wildman–Crippen MR) is 68.4 cm³/mol.